The topological polar surface area (TPSA) is 77.0 Å². The number of nitrogens with zero attached hydrogens (tertiary/aromatic N) is 3. The van der Waals surface area contributed by atoms with E-state index in [1.807, 2.05) is 0 Å². The molecule has 2 N–H and O–H groups in total. The van der Waals surface area contributed by atoms with Gasteiger partial charge in [-0.25, -0.2) is 0 Å². The van der Waals surface area contributed by atoms with Crippen molar-refractivity contribution in [1.82, 2.24) is 20.4 Å². The molecule has 2 amide bonds. The van der Waals surface area contributed by atoms with E-state index in [1.54, 1.807) is 0 Å². The van der Waals surface area contributed by atoms with Crippen molar-refractivity contribution in [3.05, 3.63) is 12.2 Å². The average molecular weight is 558 g/mol. The molecule has 8 heteroatoms. The number of carbonyl (C=O) groups is 2. The number of fused-ring (bicyclic) bond motifs is 5. The van der Waals surface area contributed by atoms with Crippen LogP contribution in [0.1, 0.15) is 46.5 Å². The summed E-state index contributed by atoms with van der Waals surface area (Å²) in [6.07, 6.45) is 8.51. The molecule has 2 bridgehead atoms. The number of allylic oxidation sites excluding steroid dienone is 2. The van der Waals surface area contributed by atoms with Crippen molar-refractivity contribution in [2.75, 3.05) is 39.3 Å². The largest absolute Gasteiger partial charge is 0.357 e. The molecule has 3 fully saturated rings. The van der Waals surface area contributed by atoms with Crippen LogP contribution in [-0.2, 0) is 9.59 Å². The van der Waals surface area contributed by atoms with E-state index < -0.39 is 0 Å². The molecule has 2 aliphatic heterocycles. The summed E-state index contributed by atoms with van der Waals surface area (Å²) in [5.74, 6) is 1.95. The van der Waals surface area contributed by atoms with Crippen LogP contribution >= 0.6 is 24.0 Å². The molecular weight excluding hydrogens is 517 g/mol. The SMILES string of the molecule is CCNC(=NCC1CCCN(C(C)C)C1)NCCCN1C(=O)C2C3C=CC(C3)C2C1=O.I. The van der Waals surface area contributed by atoms with Crippen molar-refractivity contribution in [3.8, 4) is 0 Å². The second-order valence-electron chi connectivity index (χ2n) is 9.92. The Bertz CT molecular complexity index is 710. The fourth-order valence-corrected chi connectivity index (χ4v) is 5.91. The lowest BCUT2D eigenvalue weighted by atomic mass is 9.85. The van der Waals surface area contributed by atoms with Crippen molar-refractivity contribution < 1.29 is 9.59 Å². The molecular formula is C24H40IN5O2. The van der Waals surface area contributed by atoms with Gasteiger partial charge in [0.15, 0.2) is 5.96 Å². The zero-order chi connectivity index (χ0) is 22.0. The molecule has 4 aliphatic rings. The highest BCUT2D eigenvalue weighted by atomic mass is 127. The van der Waals surface area contributed by atoms with Crippen LogP contribution in [0.2, 0.25) is 0 Å². The van der Waals surface area contributed by atoms with Crippen LogP contribution in [0, 0.1) is 29.6 Å². The third-order valence-corrected chi connectivity index (χ3v) is 7.55. The van der Waals surface area contributed by atoms with Gasteiger partial charge in [-0.3, -0.25) is 19.5 Å². The maximum Gasteiger partial charge on any atom is 0.233 e. The van der Waals surface area contributed by atoms with Crippen LogP contribution in [0.4, 0.5) is 0 Å². The van der Waals surface area contributed by atoms with Gasteiger partial charge in [-0.2, -0.15) is 0 Å². The Labute approximate surface area is 209 Å². The maximum absolute atomic E-state index is 12.8. The molecule has 0 spiro atoms. The number of hydrogen-bond donors (Lipinski definition) is 2. The molecule has 32 heavy (non-hydrogen) atoms. The lowest BCUT2D eigenvalue weighted by Crippen LogP contribution is -2.42. The summed E-state index contributed by atoms with van der Waals surface area (Å²) in [5.41, 5.74) is 0. The third-order valence-electron chi connectivity index (χ3n) is 7.55. The molecule has 1 saturated carbocycles. The number of hydrogen-bond acceptors (Lipinski definition) is 4. The summed E-state index contributed by atoms with van der Waals surface area (Å²) in [4.78, 5) is 34.4. The first kappa shape index (κ1) is 25.5. The smallest absolute Gasteiger partial charge is 0.233 e. The van der Waals surface area contributed by atoms with Gasteiger partial charge in [-0.05, 0) is 70.8 Å². The molecule has 5 atom stereocenters. The predicted molar refractivity (Wildman–Crippen MR) is 138 cm³/mol. The van der Waals surface area contributed by atoms with Crippen molar-refractivity contribution in [3.63, 3.8) is 0 Å². The second kappa shape index (κ2) is 11.3. The monoisotopic (exact) mass is 557 g/mol. The van der Waals surface area contributed by atoms with Gasteiger partial charge in [0.05, 0.1) is 11.8 Å². The summed E-state index contributed by atoms with van der Waals surface area (Å²) in [6.45, 7) is 11.8. The number of aliphatic imine (C=N–C) groups is 1. The number of imide groups is 1. The first-order valence-corrected chi connectivity index (χ1v) is 12.3. The lowest BCUT2D eigenvalue weighted by Gasteiger charge is -2.34. The van der Waals surface area contributed by atoms with Crippen LogP contribution in [-0.4, -0.2) is 72.9 Å². The molecule has 7 nitrogen and oxygen atoms in total. The molecule has 5 unspecified atom stereocenters. The lowest BCUT2D eigenvalue weighted by molar-refractivity contribution is -0.140. The zero-order valence-electron chi connectivity index (χ0n) is 19.8. The standard InChI is InChI=1S/C24H39N5O2.HI/c1-4-25-24(27-14-17-7-5-11-28(15-17)16(2)3)26-10-6-12-29-22(30)20-18-8-9-19(13-18)21(20)23(29)31;/h8-9,16-21H,4-7,10-15H2,1-3H3,(H2,25,26,27);1H. The summed E-state index contributed by atoms with van der Waals surface area (Å²) in [5, 5.41) is 6.72. The van der Waals surface area contributed by atoms with Gasteiger partial charge in [-0.1, -0.05) is 12.2 Å². The minimum atomic E-state index is -0.0877. The van der Waals surface area contributed by atoms with Crippen LogP contribution < -0.4 is 10.6 Å². The van der Waals surface area contributed by atoms with E-state index in [1.165, 1.54) is 24.3 Å². The number of guanidine groups is 1. The van der Waals surface area contributed by atoms with Gasteiger partial charge >= 0.3 is 0 Å². The Morgan fingerprint density at radius 2 is 1.84 bits per heavy atom. The molecule has 0 aromatic carbocycles. The number of nitrogens with one attached hydrogen (secondary N) is 2. The van der Waals surface area contributed by atoms with Gasteiger partial charge in [0.25, 0.3) is 0 Å². The van der Waals surface area contributed by atoms with Gasteiger partial charge in [0.2, 0.25) is 11.8 Å². The minimum absolute atomic E-state index is 0. The number of rotatable bonds is 8. The molecule has 180 valence electrons. The quantitative estimate of drug-likeness (QED) is 0.120. The Morgan fingerprint density at radius 1 is 1.16 bits per heavy atom. The zero-order valence-corrected chi connectivity index (χ0v) is 22.1. The fourth-order valence-electron chi connectivity index (χ4n) is 5.91. The fraction of sp³-hybridized carbons (Fsp3) is 0.792. The van der Waals surface area contributed by atoms with E-state index in [4.69, 9.17) is 4.99 Å². The first-order valence-electron chi connectivity index (χ1n) is 12.3. The van der Waals surface area contributed by atoms with E-state index >= 15 is 0 Å². The molecule has 0 radical (unpaired) electrons. The summed E-state index contributed by atoms with van der Waals surface area (Å²) < 4.78 is 0. The van der Waals surface area contributed by atoms with E-state index in [0.717, 1.165) is 38.4 Å². The second-order valence-corrected chi connectivity index (χ2v) is 9.92. The summed E-state index contributed by atoms with van der Waals surface area (Å²) in [6, 6.07) is 0.597. The van der Waals surface area contributed by atoms with Crippen LogP contribution in [0.25, 0.3) is 0 Å². The van der Waals surface area contributed by atoms with Crippen molar-refractivity contribution in [2.45, 2.75) is 52.5 Å². The van der Waals surface area contributed by atoms with E-state index in [0.29, 0.717) is 25.0 Å². The van der Waals surface area contributed by atoms with Crippen LogP contribution in [0.3, 0.4) is 0 Å². The van der Waals surface area contributed by atoms with E-state index in [-0.39, 0.29) is 59.5 Å². The molecule has 2 heterocycles. The highest BCUT2D eigenvalue weighted by Crippen LogP contribution is 2.52. The highest BCUT2D eigenvalue weighted by Gasteiger charge is 2.58. The molecule has 0 aromatic heterocycles. The molecule has 2 saturated heterocycles. The number of likely N-dealkylation sites (tertiary alicyclic amines) is 2. The predicted octanol–water partition coefficient (Wildman–Crippen LogP) is 2.48. The minimum Gasteiger partial charge on any atom is -0.357 e. The normalized spacial score (nSPS) is 31.9. The van der Waals surface area contributed by atoms with E-state index in [2.05, 4.69) is 48.5 Å². The Kier molecular flexibility index (Phi) is 9.00. The van der Waals surface area contributed by atoms with E-state index in [9.17, 15) is 9.59 Å². The average Bonchev–Trinajstić information content (AvgIpc) is 3.44. The van der Waals surface area contributed by atoms with Gasteiger partial charge < -0.3 is 15.5 Å². The highest BCUT2D eigenvalue weighted by molar-refractivity contribution is 14.0. The molecule has 4 rings (SSSR count). The van der Waals surface area contributed by atoms with Crippen molar-refractivity contribution in [2.24, 2.45) is 34.6 Å². The Balaban J connectivity index is 0.00000289. The van der Waals surface area contributed by atoms with Gasteiger partial charge in [0.1, 0.15) is 0 Å². The third kappa shape index (κ3) is 5.32. The maximum atomic E-state index is 12.8. The summed E-state index contributed by atoms with van der Waals surface area (Å²) in [7, 11) is 0. The first-order chi connectivity index (χ1) is 15.0. The van der Waals surface area contributed by atoms with Crippen molar-refractivity contribution in [1.29, 1.82) is 0 Å². The Morgan fingerprint density at radius 3 is 2.47 bits per heavy atom. The molecule has 0 aromatic rings. The summed E-state index contributed by atoms with van der Waals surface area (Å²) >= 11 is 0. The number of carbonyl (C=O) groups excluding carboxylic acids is 2. The Hall–Kier alpha value is -1.16. The number of amides is 2. The number of piperidine rings is 1. The molecule has 2 aliphatic carbocycles. The van der Waals surface area contributed by atoms with Crippen molar-refractivity contribution >= 4 is 41.8 Å². The van der Waals surface area contributed by atoms with Crippen LogP contribution in [0.5, 0.6) is 0 Å². The van der Waals surface area contributed by atoms with Crippen LogP contribution in [0.15, 0.2) is 17.1 Å². The number of halogens is 1. The van der Waals surface area contributed by atoms with Gasteiger partial charge in [0, 0.05) is 38.8 Å². The van der Waals surface area contributed by atoms with Gasteiger partial charge in [-0.15, -0.1) is 24.0 Å².